The summed E-state index contributed by atoms with van der Waals surface area (Å²) < 4.78 is 0. The molecule has 2 N–H and O–H groups in total. The van der Waals surface area contributed by atoms with Crippen LogP contribution in [0.3, 0.4) is 0 Å². The Labute approximate surface area is 122 Å². The molecule has 1 saturated heterocycles. The zero-order chi connectivity index (χ0) is 14.5. The molecule has 1 aromatic heterocycles. The zero-order valence-electron chi connectivity index (χ0n) is 11.5. The van der Waals surface area contributed by atoms with Crippen molar-refractivity contribution < 1.29 is 14.7 Å². The van der Waals surface area contributed by atoms with E-state index in [2.05, 4.69) is 5.32 Å². The molecular formula is C14H20N2O3S. The number of hydrogen-bond acceptors (Lipinski definition) is 3. The Morgan fingerprint density at radius 3 is 3.00 bits per heavy atom. The summed E-state index contributed by atoms with van der Waals surface area (Å²) in [6.45, 7) is 3.23. The Bertz CT molecular complexity index is 461. The van der Waals surface area contributed by atoms with Gasteiger partial charge in [0.05, 0.1) is 6.04 Å². The third kappa shape index (κ3) is 3.72. The predicted molar refractivity (Wildman–Crippen MR) is 77.8 cm³/mol. The van der Waals surface area contributed by atoms with Crippen molar-refractivity contribution in [1.29, 1.82) is 0 Å². The molecular weight excluding hydrogens is 276 g/mol. The van der Waals surface area contributed by atoms with Crippen LogP contribution in [0.2, 0.25) is 0 Å². The molecule has 110 valence electrons. The van der Waals surface area contributed by atoms with Crippen molar-refractivity contribution in [3.05, 3.63) is 22.4 Å². The van der Waals surface area contributed by atoms with Gasteiger partial charge in [-0.3, -0.25) is 4.79 Å². The molecule has 1 fully saturated rings. The van der Waals surface area contributed by atoms with Crippen molar-refractivity contribution in [2.24, 2.45) is 5.92 Å². The van der Waals surface area contributed by atoms with Crippen molar-refractivity contribution in [2.45, 2.75) is 32.2 Å². The zero-order valence-corrected chi connectivity index (χ0v) is 12.4. The average molecular weight is 296 g/mol. The van der Waals surface area contributed by atoms with E-state index < -0.39 is 5.97 Å². The number of urea groups is 1. The van der Waals surface area contributed by atoms with E-state index in [1.165, 1.54) is 0 Å². The first-order valence-corrected chi connectivity index (χ1v) is 7.78. The highest BCUT2D eigenvalue weighted by Crippen LogP contribution is 2.24. The van der Waals surface area contributed by atoms with E-state index in [1.807, 2.05) is 24.4 Å². The molecule has 1 aromatic rings. The molecule has 2 amide bonds. The summed E-state index contributed by atoms with van der Waals surface area (Å²) in [4.78, 5) is 25.8. The van der Waals surface area contributed by atoms with Crippen molar-refractivity contribution in [3.8, 4) is 0 Å². The van der Waals surface area contributed by atoms with Gasteiger partial charge >= 0.3 is 12.0 Å². The Kier molecular flexibility index (Phi) is 5.00. The number of nitrogens with one attached hydrogen (secondary N) is 1. The van der Waals surface area contributed by atoms with Gasteiger partial charge in [-0.25, -0.2) is 4.79 Å². The molecule has 2 rings (SSSR count). The van der Waals surface area contributed by atoms with Gasteiger partial charge in [0.15, 0.2) is 0 Å². The van der Waals surface area contributed by atoms with Crippen LogP contribution in [-0.2, 0) is 4.79 Å². The molecule has 5 nitrogen and oxygen atoms in total. The normalized spacial score (nSPS) is 19.9. The summed E-state index contributed by atoms with van der Waals surface area (Å²) in [5, 5.41) is 13.8. The quantitative estimate of drug-likeness (QED) is 0.877. The van der Waals surface area contributed by atoms with Crippen molar-refractivity contribution in [3.63, 3.8) is 0 Å². The van der Waals surface area contributed by atoms with E-state index in [9.17, 15) is 9.59 Å². The average Bonchev–Trinajstić information content (AvgIpc) is 3.05. The number of carbonyl (C=O) groups excluding carboxylic acids is 1. The van der Waals surface area contributed by atoms with Gasteiger partial charge in [0.1, 0.15) is 0 Å². The summed E-state index contributed by atoms with van der Waals surface area (Å²) in [7, 11) is 0. The molecule has 2 heterocycles. The first kappa shape index (κ1) is 14.8. The second-order valence-corrected chi connectivity index (χ2v) is 6.10. The fourth-order valence-electron chi connectivity index (χ4n) is 2.53. The van der Waals surface area contributed by atoms with Gasteiger partial charge in [-0.15, -0.1) is 11.3 Å². The largest absolute Gasteiger partial charge is 0.481 e. The van der Waals surface area contributed by atoms with Gasteiger partial charge in [0, 0.05) is 24.4 Å². The fourth-order valence-corrected chi connectivity index (χ4v) is 3.40. The highest BCUT2D eigenvalue weighted by molar-refractivity contribution is 7.10. The van der Waals surface area contributed by atoms with E-state index in [-0.39, 0.29) is 24.4 Å². The lowest BCUT2D eigenvalue weighted by atomic mass is 10.1. The number of thiophene rings is 1. The van der Waals surface area contributed by atoms with Crippen LogP contribution in [0.1, 0.15) is 37.1 Å². The van der Waals surface area contributed by atoms with Crippen LogP contribution in [0.15, 0.2) is 17.5 Å². The first-order chi connectivity index (χ1) is 9.60. The second-order valence-electron chi connectivity index (χ2n) is 5.12. The SMILES string of the molecule is CCC(NC(=O)N1CCC(CC(=O)O)C1)c1cccs1. The fraction of sp³-hybridized carbons (Fsp3) is 0.571. The maximum atomic E-state index is 12.2. The van der Waals surface area contributed by atoms with Gasteiger partial charge < -0.3 is 15.3 Å². The number of carbonyl (C=O) groups is 2. The highest BCUT2D eigenvalue weighted by atomic mass is 32.1. The minimum absolute atomic E-state index is 0.0426. The van der Waals surface area contributed by atoms with Gasteiger partial charge in [0.2, 0.25) is 0 Å². The van der Waals surface area contributed by atoms with Crippen LogP contribution in [-0.4, -0.2) is 35.1 Å². The van der Waals surface area contributed by atoms with E-state index in [4.69, 9.17) is 5.11 Å². The Hall–Kier alpha value is -1.56. The smallest absolute Gasteiger partial charge is 0.317 e. The number of nitrogens with zero attached hydrogens (tertiary/aromatic N) is 1. The van der Waals surface area contributed by atoms with E-state index >= 15 is 0 Å². The summed E-state index contributed by atoms with van der Waals surface area (Å²) in [6, 6.07) is 3.96. The van der Waals surface area contributed by atoms with Crippen LogP contribution in [0.25, 0.3) is 0 Å². The highest BCUT2D eigenvalue weighted by Gasteiger charge is 2.28. The minimum atomic E-state index is -0.790. The number of amides is 2. The van der Waals surface area contributed by atoms with E-state index in [1.54, 1.807) is 16.2 Å². The summed E-state index contributed by atoms with van der Waals surface area (Å²) in [5.41, 5.74) is 0. The summed E-state index contributed by atoms with van der Waals surface area (Å²) >= 11 is 1.64. The first-order valence-electron chi connectivity index (χ1n) is 6.90. The number of hydrogen-bond donors (Lipinski definition) is 2. The van der Waals surface area contributed by atoms with Crippen LogP contribution in [0, 0.1) is 5.92 Å². The molecule has 20 heavy (non-hydrogen) atoms. The minimum Gasteiger partial charge on any atom is -0.481 e. The molecule has 0 spiro atoms. The molecule has 0 aromatic carbocycles. The monoisotopic (exact) mass is 296 g/mol. The van der Waals surface area contributed by atoms with Crippen LogP contribution < -0.4 is 5.32 Å². The third-order valence-electron chi connectivity index (χ3n) is 3.63. The lowest BCUT2D eigenvalue weighted by Gasteiger charge is -2.22. The lowest BCUT2D eigenvalue weighted by molar-refractivity contribution is -0.138. The van der Waals surface area contributed by atoms with Crippen LogP contribution >= 0.6 is 11.3 Å². The number of aliphatic carboxylic acids is 1. The standard InChI is InChI=1S/C14H20N2O3S/c1-2-11(12-4-3-7-20-12)15-14(19)16-6-5-10(9-16)8-13(17)18/h3-4,7,10-11H,2,5-6,8-9H2,1H3,(H,15,19)(H,17,18). The molecule has 1 aliphatic heterocycles. The summed E-state index contributed by atoms with van der Waals surface area (Å²) in [6.07, 6.45) is 1.76. The maximum absolute atomic E-state index is 12.2. The number of carboxylic acid groups (broad SMARTS) is 1. The topological polar surface area (TPSA) is 69.6 Å². The predicted octanol–water partition coefficient (Wildman–Crippen LogP) is 2.71. The van der Waals surface area contributed by atoms with Crippen molar-refractivity contribution >= 4 is 23.3 Å². The van der Waals surface area contributed by atoms with Gasteiger partial charge in [-0.05, 0) is 30.2 Å². The molecule has 0 aliphatic carbocycles. The molecule has 2 atom stereocenters. The third-order valence-corrected chi connectivity index (χ3v) is 4.61. The van der Waals surface area contributed by atoms with E-state index in [0.717, 1.165) is 17.7 Å². The molecule has 6 heteroatoms. The maximum Gasteiger partial charge on any atom is 0.317 e. The van der Waals surface area contributed by atoms with Gasteiger partial charge in [0.25, 0.3) is 0 Å². The molecule has 0 saturated carbocycles. The Morgan fingerprint density at radius 1 is 1.60 bits per heavy atom. The van der Waals surface area contributed by atoms with Crippen molar-refractivity contribution in [1.82, 2.24) is 10.2 Å². The van der Waals surface area contributed by atoms with Crippen LogP contribution in [0.5, 0.6) is 0 Å². The number of carboxylic acids is 1. The van der Waals surface area contributed by atoms with Crippen molar-refractivity contribution in [2.75, 3.05) is 13.1 Å². The Balaban J connectivity index is 1.87. The van der Waals surface area contributed by atoms with Gasteiger partial charge in [-0.1, -0.05) is 13.0 Å². The Morgan fingerprint density at radius 2 is 2.40 bits per heavy atom. The molecule has 0 bridgehead atoms. The molecule has 0 radical (unpaired) electrons. The van der Waals surface area contributed by atoms with Crippen LogP contribution in [0.4, 0.5) is 4.79 Å². The van der Waals surface area contributed by atoms with Gasteiger partial charge in [-0.2, -0.15) is 0 Å². The van der Waals surface area contributed by atoms with E-state index in [0.29, 0.717) is 13.1 Å². The number of rotatable bonds is 5. The summed E-state index contributed by atoms with van der Waals surface area (Å²) in [5.74, 6) is -0.706. The molecule has 2 unspecified atom stereocenters. The number of likely N-dealkylation sites (tertiary alicyclic amines) is 1. The lowest BCUT2D eigenvalue weighted by Crippen LogP contribution is -2.40. The second kappa shape index (κ2) is 6.74. The molecule has 1 aliphatic rings.